The van der Waals surface area contributed by atoms with Gasteiger partial charge >= 0.3 is 0 Å². The van der Waals surface area contributed by atoms with Gasteiger partial charge in [0.2, 0.25) is 0 Å². The molecule has 1 aliphatic heterocycles. The predicted molar refractivity (Wildman–Crippen MR) is 52.6 cm³/mol. The Bertz CT molecular complexity index is 244. The Morgan fingerprint density at radius 3 is 3.23 bits per heavy atom. The first kappa shape index (κ1) is 9.12. The van der Waals surface area contributed by atoms with Crippen LogP contribution in [0.25, 0.3) is 0 Å². The van der Waals surface area contributed by atoms with Crippen molar-refractivity contribution in [3.8, 4) is 0 Å². The van der Waals surface area contributed by atoms with Gasteiger partial charge in [-0.2, -0.15) is 0 Å². The predicted octanol–water partition coefficient (Wildman–Crippen LogP) is 1.57. The first-order chi connectivity index (χ1) is 6.38. The Balaban J connectivity index is 1.99. The van der Waals surface area contributed by atoms with Crippen molar-refractivity contribution >= 4 is 11.3 Å². The molecule has 2 heterocycles. The van der Waals surface area contributed by atoms with E-state index in [0.29, 0.717) is 5.92 Å². The first-order valence-electron chi connectivity index (χ1n) is 4.60. The third-order valence-corrected chi connectivity index (χ3v) is 3.32. The van der Waals surface area contributed by atoms with Gasteiger partial charge in [-0.1, -0.05) is 0 Å². The molecular weight excluding hydrogens is 184 g/mol. The highest BCUT2D eigenvalue weighted by Crippen LogP contribution is 2.27. The summed E-state index contributed by atoms with van der Waals surface area (Å²) in [5.41, 5.74) is 6.08. The van der Waals surface area contributed by atoms with E-state index in [2.05, 4.69) is 4.98 Å². The maximum absolute atomic E-state index is 6.08. The molecule has 2 atom stereocenters. The van der Waals surface area contributed by atoms with Gasteiger partial charge in [0.05, 0.1) is 12.6 Å². The molecular formula is C9H14N2OS. The van der Waals surface area contributed by atoms with Gasteiger partial charge in [-0.3, -0.25) is 0 Å². The zero-order valence-electron chi connectivity index (χ0n) is 7.48. The van der Waals surface area contributed by atoms with Crippen LogP contribution in [0.1, 0.15) is 23.9 Å². The molecule has 0 amide bonds. The van der Waals surface area contributed by atoms with Gasteiger partial charge in [-0.25, -0.2) is 4.98 Å². The summed E-state index contributed by atoms with van der Waals surface area (Å²) in [5, 5.41) is 3.01. The minimum Gasteiger partial charge on any atom is -0.381 e. The molecule has 0 aliphatic carbocycles. The lowest BCUT2D eigenvalue weighted by molar-refractivity contribution is 0.0447. The third-order valence-electron chi connectivity index (χ3n) is 2.44. The Morgan fingerprint density at radius 1 is 1.69 bits per heavy atom. The maximum atomic E-state index is 6.08. The standard InChI is InChI=1S/C9H14N2OS/c10-8(9-11-3-5-13-9)7-2-1-4-12-6-7/h3,5,7-8H,1-2,4,6,10H2. The second kappa shape index (κ2) is 4.17. The number of nitrogens with two attached hydrogens (primary N) is 1. The van der Waals surface area contributed by atoms with Gasteiger partial charge < -0.3 is 10.5 Å². The van der Waals surface area contributed by atoms with E-state index in [1.165, 1.54) is 6.42 Å². The summed E-state index contributed by atoms with van der Waals surface area (Å²) >= 11 is 1.63. The van der Waals surface area contributed by atoms with Gasteiger partial charge in [0.25, 0.3) is 0 Å². The van der Waals surface area contributed by atoms with Crippen molar-refractivity contribution in [3.05, 3.63) is 16.6 Å². The molecule has 0 saturated carbocycles. The lowest BCUT2D eigenvalue weighted by Crippen LogP contribution is -2.28. The Hall–Kier alpha value is -0.450. The molecule has 1 aromatic heterocycles. The molecule has 0 bridgehead atoms. The van der Waals surface area contributed by atoms with Crippen molar-refractivity contribution in [2.75, 3.05) is 13.2 Å². The van der Waals surface area contributed by atoms with Crippen molar-refractivity contribution in [3.63, 3.8) is 0 Å². The molecule has 1 fully saturated rings. The second-order valence-corrected chi connectivity index (χ2v) is 4.30. The van der Waals surface area contributed by atoms with Crippen LogP contribution in [0.5, 0.6) is 0 Å². The van der Waals surface area contributed by atoms with Crippen molar-refractivity contribution in [2.45, 2.75) is 18.9 Å². The van der Waals surface area contributed by atoms with Crippen LogP contribution in [0.4, 0.5) is 0 Å². The number of hydrogen-bond donors (Lipinski definition) is 1. The first-order valence-corrected chi connectivity index (χ1v) is 5.48. The molecule has 0 spiro atoms. The van der Waals surface area contributed by atoms with E-state index in [1.54, 1.807) is 11.3 Å². The summed E-state index contributed by atoms with van der Waals surface area (Å²) in [6.45, 7) is 1.68. The summed E-state index contributed by atoms with van der Waals surface area (Å²) in [6.07, 6.45) is 4.11. The fourth-order valence-electron chi connectivity index (χ4n) is 1.65. The molecule has 4 heteroatoms. The van der Waals surface area contributed by atoms with Crippen LogP contribution >= 0.6 is 11.3 Å². The van der Waals surface area contributed by atoms with Crippen LogP contribution < -0.4 is 5.73 Å². The molecule has 1 aliphatic rings. The van der Waals surface area contributed by atoms with E-state index in [0.717, 1.165) is 24.6 Å². The SMILES string of the molecule is NC(c1nccs1)C1CCCOC1. The van der Waals surface area contributed by atoms with Crippen LogP contribution in [0.3, 0.4) is 0 Å². The number of hydrogen-bond acceptors (Lipinski definition) is 4. The Morgan fingerprint density at radius 2 is 2.62 bits per heavy atom. The van der Waals surface area contributed by atoms with Gasteiger partial charge in [-0.05, 0) is 12.8 Å². The zero-order valence-corrected chi connectivity index (χ0v) is 8.30. The lowest BCUT2D eigenvalue weighted by Gasteiger charge is -2.26. The van der Waals surface area contributed by atoms with E-state index in [1.807, 2.05) is 11.6 Å². The highest BCUT2D eigenvalue weighted by molar-refractivity contribution is 7.09. The van der Waals surface area contributed by atoms with Gasteiger partial charge in [0, 0.05) is 24.1 Å². The third kappa shape index (κ3) is 2.07. The summed E-state index contributed by atoms with van der Waals surface area (Å²) in [7, 11) is 0. The van der Waals surface area contributed by atoms with E-state index < -0.39 is 0 Å². The van der Waals surface area contributed by atoms with E-state index in [-0.39, 0.29) is 6.04 Å². The number of thiazole rings is 1. The van der Waals surface area contributed by atoms with Crippen LogP contribution in [-0.4, -0.2) is 18.2 Å². The minimum atomic E-state index is 0.0697. The van der Waals surface area contributed by atoms with Gasteiger partial charge in [0.1, 0.15) is 5.01 Å². The molecule has 1 aromatic rings. The topological polar surface area (TPSA) is 48.1 Å². The number of ether oxygens (including phenoxy) is 1. The maximum Gasteiger partial charge on any atom is 0.110 e. The smallest absolute Gasteiger partial charge is 0.110 e. The monoisotopic (exact) mass is 198 g/mol. The fraction of sp³-hybridized carbons (Fsp3) is 0.667. The number of aromatic nitrogens is 1. The Labute approximate surface area is 81.9 Å². The van der Waals surface area contributed by atoms with Crippen molar-refractivity contribution in [1.82, 2.24) is 4.98 Å². The van der Waals surface area contributed by atoms with Crippen molar-refractivity contribution in [2.24, 2.45) is 11.7 Å². The highest BCUT2D eigenvalue weighted by atomic mass is 32.1. The molecule has 2 rings (SSSR count). The molecule has 2 N–H and O–H groups in total. The molecule has 3 nitrogen and oxygen atoms in total. The zero-order chi connectivity index (χ0) is 9.10. The van der Waals surface area contributed by atoms with Gasteiger partial charge in [-0.15, -0.1) is 11.3 Å². The van der Waals surface area contributed by atoms with Crippen molar-refractivity contribution < 1.29 is 4.74 Å². The summed E-state index contributed by atoms with van der Waals surface area (Å²) in [5.74, 6) is 0.458. The van der Waals surface area contributed by atoms with Crippen LogP contribution in [-0.2, 0) is 4.74 Å². The van der Waals surface area contributed by atoms with Crippen LogP contribution in [0.15, 0.2) is 11.6 Å². The van der Waals surface area contributed by atoms with E-state index in [9.17, 15) is 0 Å². The fourth-order valence-corrected chi connectivity index (χ4v) is 2.38. The molecule has 1 saturated heterocycles. The summed E-state index contributed by atoms with van der Waals surface area (Å²) in [6, 6.07) is 0.0697. The average molecular weight is 198 g/mol. The number of nitrogens with zero attached hydrogens (tertiary/aromatic N) is 1. The van der Waals surface area contributed by atoms with Crippen LogP contribution in [0, 0.1) is 5.92 Å². The average Bonchev–Trinajstić information content (AvgIpc) is 2.71. The summed E-state index contributed by atoms with van der Waals surface area (Å²) in [4.78, 5) is 4.23. The molecule has 72 valence electrons. The molecule has 13 heavy (non-hydrogen) atoms. The highest BCUT2D eigenvalue weighted by Gasteiger charge is 2.23. The minimum absolute atomic E-state index is 0.0697. The van der Waals surface area contributed by atoms with Gasteiger partial charge in [0.15, 0.2) is 0 Å². The molecule has 0 radical (unpaired) electrons. The molecule has 0 aromatic carbocycles. The van der Waals surface area contributed by atoms with E-state index in [4.69, 9.17) is 10.5 Å². The van der Waals surface area contributed by atoms with Crippen LogP contribution in [0.2, 0.25) is 0 Å². The Kier molecular flexibility index (Phi) is 2.93. The quantitative estimate of drug-likeness (QED) is 0.784. The lowest BCUT2D eigenvalue weighted by atomic mass is 9.95. The number of rotatable bonds is 2. The van der Waals surface area contributed by atoms with E-state index >= 15 is 0 Å². The second-order valence-electron chi connectivity index (χ2n) is 3.37. The largest absolute Gasteiger partial charge is 0.381 e. The normalized spacial score (nSPS) is 25.8. The summed E-state index contributed by atoms with van der Waals surface area (Å²) < 4.78 is 5.40. The van der Waals surface area contributed by atoms with Crippen molar-refractivity contribution in [1.29, 1.82) is 0 Å². The molecule has 2 unspecified atom stereocenters.